The van der Waals surface area contributed by atoms with Crippen molar-refractivity contribution in [2.24, 2.45) is 0 Å². The second-order valence-corrected chi connectivity index (χ2v) is 9.63. The zero-order valence-corrected chi connectivity index (χ0v) is 20.5. The summed E-state index contributed by atoms with van der Waals surface area (Å²) in [4.78, 5) is 34.6. The number of carbonyl (C=O) groups is 2. The number of anilines is 2. The molecule has 2 N–H and O–H groups in total. The van der Waals surface area contributed by atoms with E-state index >= 15 is 0 Å². The van der Waals surface area contributed by atoms with Crippen LogP contribution in [0.15, 0.2) is 42.5 Å². The summed E-state index contributed by atoms with van der Waals surface area (Å²) in [7, 11) is 0. The fourth-order valence-corrected chi connectivity index (χ4v) is 5.02. The van der Waals surface area contributed by atoms with Gasteiger partial charge in [0.1, 0.15) is 4.88 Å². The van der Waals surface area contributed by atoms with E-state index in [1.165, 1.54) is 11.3 Å². The number of aromatic nitrogens is 1. The topological polar surface area (TPSA) is 96.0 Å². The number of thiazole rings is 1. The fourth-order valence-electron chi connectivity index (χ4n) is 4.09. The Kier molecular flexibility index (Phi) is 6.56. The van der Waals surface area contributed by atoms with E-state index in [1.54, 1.807) is 6.92 Å². The van der Waals surface area contributed by atoms with Gasteiger partial charge in [-0.15, -0.1) is 0 Å². The van der Waals surface area contributed by atoms with Crippen LogP contribution in [0.1, 0.15) is 26.5 Å². The number of hydrogen-bond acceptors (Lipinski definition) is 7. The third-order valence-corrected chi connectivity index (χ3v) is 7.08. The van der Waals surface area contributed by atoms with Gasteiger partial charge in [0.2, 0.25) is 6.79 Å². The first-order chi connectivity index (χ1) is 16.9. The number of amides is 3. The molecule has 0 atom stereocenters. The minimum absolute atomic E-state index is 0.0466. The van der Waals surface area contributed by atoms with Gasteiger partial charge < -0.3 is 19.7 Å². The SMILES string of the molecule is Cc1ccc(NC(=O)Nc2nc(C)c(C(=O)N3CCN(Cc4ccc5c(c4)OCO5)CC3)s2)cc1. The highest BCUT2D eigenvalue weighted by atomic mass is 32.1. The Morgan fingerprint density at radius 1 is 0.971 bits per heavy atom. The van der Waals surface area contributed by atoms with Crippen LogP contribution in [0.3, 0.4) is 0 Å². The second-order valence-electron chi connectivity index (χ2n) is 8.63. The van der Waals surface area contributed by atoms with E-state index in [0.29, 0.717) is 34.5 Å². The molecule has 10 heteroatoms. The Bertz CT molecular complexity index is 1240. The van der Waals surface area contributed by atoms with E-state index in [0.717, 1.165) is 42.3 Å². The van der Waals surface area contributed by atoms with Gasteiger partial charge in [-0.3, -0.25) is 15.0 Å². The van der Waals surface area contributed by atoms with Crippen LogP contribution in [0.4, 0.5) is 15.6 Å². The summed E-state index contributed by atoms with van der Waals surface area (Å²) >= 11 is 1.20. The maximum absolute atomic E-state index is 13.2. The molecule has 3 heterocycles. The Balaban J connectivity index is 1.14. The van der Waals surface area contributed by atoms with Crippen LogP contribution in [-0.4, -0.2) is 59.7 Å². The molecule has 0 saturated carbocycles. The molecule has 35 heavy (non-hydrogen) atoms. The molecule has 0 radical (unpaired) electrons. The number of carbonyl (C=O) groups excluding carboxylic acids is 2. The summed E-state index contributed by atoms with van der Waals surface area (Å²) in [6.07, 6.45) is 0. The van der Waals surface area contributed by atoms with Crippen molar-refractivity contribution in [3.05, 3.63) is 64.2 Å². The van der Waals surface area contributed by atoms with Crippen LogP contribution in [0, 0.1) is 13.8 Å². The predicted octanol–water partition coefficient (Wildman–Crippen LogP) is 4.09. The molecule has 2 aromatic carbocycles. The van der Waals surface area contributed by atoms with Crippen LogP contribution in [0.25, 0.3) is 0 Å². The first-order valence-corrected chi connectivity index (χ1v) is 12.3. The van der Waals surface area contributed by atoms with Crippen molar-refractivity contribution in [3.8, 4) is 11.5 Å². The van der Waals surface area contributed by atoms with Crippen molar-refractivity contribution in [1.29, 1.82) is 0 Å². The Morgan fingerprint density at radius 3 is 2.49 bits per heavy atom. The highest BCUT2D eigenvalue weighted by Gasteiger charge is 2.26. The lowest BCUT2D eigenvalue weighted by Crippen LogP contribution is -2.48. The van der Waals surface area contributed by atoms with Crippen LogP contribution < -0.4 is 20.1 Å². The molecule has 5 rings (SSSR count). The van der Waals surface area contributed by atoms with Gasteiger partial charge in [0, 0.05) is 38.4 Å². The number of piperazine rings is 1. The number of nitrogens with one attached hydrogen (secondary N) is 2. The fraction of sp³-hybridized carbons (Fsp3) is 0.320. The van der Waals surface area contributed by atoms with Crippen molar-refractivity contribution in [3.63, 3.8) is 0 Å². The van der Waals surface area contributed by atoms with Gasteiger partial charge in [0.25, 0.3) is 5.91 Å². The molecule has 9 nitrogen and oxygen atoms in total. The van der Waals surface area contributed by atoms with Crippen molar-refractivity contribution >= 4 is 34.1 Å². The molecule has 0 spiro atoms. The van der Waals surface area contributed by atoms with E-state index < -0.39 is 6.03 Å². The van der Waals surface area contributed by atoms with Gasteiger partial charge >= 0.3 is 6.03 Å². The largest absolute Gasteiger partial charge is 0.454 e. The molecule has 2 aliphatic heterocycles. The highest BCUT2D eigenvalue weighted by molar-refractivity contribution is 7.17. The summed E-state index contributed by atoms with van der Waals surface area (Å²) in [5, 5.41) is 5.91. The molecule has 2 aliphatic rings. The smallest absolute Gasteiger partial charge is 0.325 e. The van der Waals surface area contributed by atoms with Crippen LogP contribution in [0.2, 0.25) is 0 Å². The summed E-state index contributed by atoms with van der Waals surface area (Å²) in [6.45, 7) is 7.68. The number of ether oxygens (including phenoxy) is 2. The van der Waals surface area contributed by atoms with Gasteiger partial charge in [-0.05, 0) is 43.7 Å². The van der Waals surface area contributed by atoms with E-state index in [9.17, 15) is 9.59 Å². The van der Waals surface area contributed by atoms with Crippen molar-refractivity contribution < 1.29 is 19.1 Å². The third-order valence-electron chi connectivity index (χ3n) is 6.02. The van der Waals surface area contributed by atoms with Gasteiger partial charge in [0.15, 0.2) is 16.6 Å². The maximum Gasteiger partial charge on any atom is 0.325 e. The minimum Gasteiger partial charge on any atom is -0.454 e. The van der Waals surface area contributed by atoms with Gasteiger partial charge in [0.05, 0.1) is 5.69 Å². The first kappa shape index (κ1) is 23.1. The lowest BCUT2D eigenvalue weighted by molar-refractivity contribution is 0.0632. The van der Waals surface area contributed by atoms with E-state index in [1.807, 2.05) is 48.2 Å². The Hall–Kier alpha value is -3.63. The van der Waals surface area contributed by atoms with E-state index in [4.69, 9.17) is 9.47 Å². The minimum atomic E-state index is -0.390. The molecule has 1 aromatic heterocycles. The average molecular weight is 494 g/mol. The lowest BCUT2D eigenvalue weighted by atomic mass is 10.1. The quantitative estimate of drug-likeness (QED) is 0.556. The van der Waals surface area contributed by atoms with E-state index in [-0.39, 0.29) is 12.7 Å². The molecule has 0 aliphatic carbocycles. The van der Waals surface area contributed by atoms with Crippen LogP contribution in [-0.2, 0) is 6.54 Å². The number of aryl methyl sites for hydroxylation is 2. The number of fused-ring (bicyclic) bond motifs is 1. The van der Waals surface area contributed by atoms with Crippen molar-refractivity contribution in [1.82, 2.24) is 14.8 Å². The third kappa shape index (κ3) is 5.39. The summed E-state index contributed by atoms with van der Waals surface area (Å²) < 4.78 is 10.8. The average Bonchev–Trinajstić information content (AvgIpc) is 3.46. The number of hydrogen-bond donors (Lipinski definition) is 2. The summed E-state index contributed by atoms with van der Waals surface area (Å²) in [6, 6.07) is 13.1. The summed E-state index contributed by atoms with van der Waals surface area (Å²) in [5.74, 6) is 1.52. The number of rotatable bonds is 5. The van der Waals surface area contributed by atoms with Crippen molar-refractivity contribution in [2.75, 3.05) is 43.6 Å². The maximum atomic E-state index is 13.2. The molecule has 182 valence electrons. The van der Waals surface area contributed by atoms with Crippen molar-refractivity contribution in [2.45, 2.75) is 20.4 Å². The Morgan fingerprint density at radius 2 is 1.71 bits per heavy atom. The first-order valence-electron chi connectivity index (χ1n) is 11.5. The monoisotopic (exact) mass is 493 g/mol. The zero-order valence-electron chi connectivity index (χ0n) is 19.7. The molecule has 1 fully saturated rings. The van der Waals surface area contributed by atoms with Gasteiger partial charge in [-0.1, -0.05) is 35.1 Å². The molecule has 3 amide bonds. The standard InChI is InChI=1S/C25H27N5O4S/c1-16-3-6-19(7-4-16)27-24(32)28-25-26-17(2)22(35-25)23(31)30-11-9-29(10-12-30)14-18-5-8-20-21(13-18)34-15-33-20/h3-8,13H,9-12,14-15H2,1-2H3,(H2,26,27,28,32). The van der Waals surface area contributed by atoms with Gasteiger partial charge in [-0.25, -0.2) is 9.78 Å². The lowest BCUT2D eigenvalue weighted by Gasteiger charge is -2.34. The number of urea groups is 1. The number of benzene rings is 2. The zero-order chi connectivity index (χ0) is 24.4. The normalized spacial score (nSPS) is 15.2. The molecule has 0 unspecified atom stereocenters. The van der Waals surface area contributed by atoms with E-state index in [2.05, 4.69) is 26.6 Å². The second kappa shape index (κ2) is 9.93. The molecular weight excluding hydrogens is 466 g/mol. The molecule has 3 aromatic rings. The molecule has 0 bridgehead atoms. The number of nitrogens with zero attached hydrogens (tertiary/aromatic N) is 3. The predicted molar refractivity (Wildman–Crippen MR) is 134 cm³/mol. The highest BCUT2D eigenvalue weighted by Crippen LogP contribution is 2.33. The van der Waals surface area contributed by atoms with Crippen LogP contribution in [0.5, 0.6) is 11.5 Å². The summed E-state index contributed by atoms with van der Waals surface area (Å²) in [5.41, 5.74) is 3.58. The molecule has 1 saturated heterocycles. The molecular formula is C25H27N5O4S. The Labute approximate surface area is 207 Å². The van der Waals surface area contributed by atoms with Gasteiger partial charge in [-0.2, -0.15) is 0 Å². The van der Waals surface area contributed by atoms with Crippen LogP contribution >= 0.6 is 11.3 Å².